The number of hydrogen-bond acceptors (Lipinski definition) is 5. The van der Waals surface area contributed by atoms with Gasteiger partial charge in [-0.3, -0.25) is 14.6 Å². The third kappa shape index (κ3) is 3.13. The Labute approximate surface area is 133 Å². The van der Waals surface area contributed by atoms with Gasteiger partial charge in [-0.2, -0.15) is 0 Å². The van der Waals surface area contributed by atoms with E-state index in [9.17, 15) is 9.59 Å². The van der Waals surface area contributed by atoms with E-state index in [4.69, 9.17) is 4.74 Å². The summed E-state index contributed by atoms with van der Waals surface area (Å²) in [5.74, 6) is 0.0327. The van der Waals surface area contributed by atoms with Crippen molar-refractivity contribution in [3.63, 3.8) is 0 Å². The van der Waals surface area contributed by atoms with Crippen LogP contribution in [0.1, 0.15) is 10.5 Å². The first kappa shape index (κ1) is 15.0. The van der Waals surface area contributed by atoms with Crippen molar-refractivity contribution < 1.29 is 14.3 Å². The largest absolute Gasteiger partial charge is 0.495 e. The number of benzene rings is 1. The first-order valence-electron chi connectivity index (χ1n) is 7.18. The summed E-state index contributed by atoms with van der Waals surface area (Å²) in [5, 5.41) is 2.83. The van der Waals surface area contributed by atoms with Gasteiger partial charge in [0, 0.05) is 25.5 Å². The average Bonchev–Trinajstić information content (AvgIpc) is 2.54. The lowest BCUT2D eigenvalue weighted by Crippen LogP contribution is -2.54. The zero-order valence-electron chi connectivity index (χ0n) is 12.6. The predicted octanol–water partition coefficient (Wildman–Crippen LogP) is 1.20. The number of carbonyl (C=O) groups is 2. The Kier molecular flexibility index (Phi) is 4.18. The second-order valence-electron chi connectivity index (χ2n) is 5.19. The molecule has 1 aromatic heterocycles. The monoisotopic (exact) mass is 312 g/mol. The molecule has 2 heterocycles. The van der Waals surface area contributed by atoms with Crippen molar-refractivity contribution in [1.82, 2.24) is 14.9 Å². The number of nitrogens with zero attached hydrogens (tertiary/aromatic N) is 3. The quantitative estimate of drug-likeness (QED) is 0.917. The Morgan fingerprint density at radius 1 is 1.26 bits per heavy atom. The second kappa shape index (κ2) is 6.43. The number of anilines is 1. The van der Waals surface area contributed by atoms with Gasteiger partial charge in [-0.25, -0.2) is 4.98 Å². The van der Waals surface area contributed by atoms with Crippen LogP contribution in [0.3, 0.4) is 0 Å². The number of aromatic nitrogens is 2. The average molecular weight is 312 g/mol. The topological polar surface area (TPSA) is 84.4 Å². The Hall–Kier alpha value is -2.96. The van der Waals surface area contributed by atoms with E-state index in [0.717, 1.165) is 0 Å². The summed E-state index contributed by atoms with van der Waals surface area (Å²) in [6, 6.07) is 7.21. The van der Waals surface area contributed by atoms with Crippen LogP contribution in [0.2, 0.25) is 0 Å². The molecule has 1 saturated heterocycles. The third-order valence-corrected chi connectivity index (χ3v) is 3.69. The third-order valence-electron chi connectivity index (χ3n) is 3.69. The fraction of sp³-hybridized carbons (Fsp3) is 0.250. The Balaban J connectivity index is 1.57. The van der Waals surface area contributed by atoms with Gasteiger partial charge >= 0.3 is 0 Å². The molecule has 0 atom stereocenters. The van der Waals surface area contributed by atoms with Gasteiger partial charge in [-0.1, -0.05) is 12.1 Å². The summed E-state index contributed by atoms with van der Waals surface area (Å²) < 4.78 is 5.20. The van der Waals surface area contributed by atoms with E-state index in [2.05, 4.69) is 15.3 Å². The molecule has 0 aliphatic carbocycles. The van der Waals surface area contributed by atoms with Crippen LogP contribution in [0.15, 0.2) is 42.9 Å². The first-order valence-corrected chi connectivity index (χ1v) is 7.18. The minimum atomic E-state index is -0.236. The summed E-state index contributed by atoms with van der Waals surface area (Å²) in [6.45, 7) is 0.743. The van der Waals surface area contributed by atoms with Gasteiger partial charge in [0.2, 0.25) is 5.91 Å². The molecule has 0 unspecified atom stereocenters. The van der Waals surface area contributed by atoms with Crippen LogP contribution < -0.4 is 10.1 Å². The molecule has 7 heteroatoms. The number of nitrogens with one attached hydrogen (secondary N) is 1. The molecular weight excluding hydrogens is 296 g/mol. The molecule has 0 saturated carbocycles. The maximum atomic E-state index is 12.2. The van der Waals surface area contributed by atoms with Crippen molar-refractivity contribution in [2.24, 2.45) is 5.92 Å². The summed E-state index contributed by atoms with van der Waals surface area (Å²) in [5.41, 5.74) is 0.912. The number of amides is 2. The highest BCUT2D eigenvalue weighted by Gasteiger charge is 2.36. The summed E-state index contributed by atoms with van der Waals surface area (Å²) in [7, 11) is 1.55. The fourth-order valence-corrected chi connectivity index (χ4v) is 2.36. The van der Waals surface area contributed by atoms with Crippen LogP contribution >= 0.6 is 0 Å². The standard InChI is InChI=1S/C16H16N4O3/c1-23-14-5-3-2-4-12(14)19-15(21)11-9-20(10-11)16(22)13-8-17-6-7-18-13/h2-8,11H,9-10H2,1H3,(H,19,21). The number of carbonyl (C=O) groups excluding carboxylic acids is 2. The highest BCUT2D eigenvalue weighted by molar-refractivity contribution is 5.98. The number of hydrogen-bond donors (Lipinski definition) is 1. The highest BCUT2D eigenvalue weighted by atomic mass is 16.5. The van der Waals surface area contributed by atoms with E-state index in [1.165, 1.54) is 18.6 Å². The number of ether oxygens (including phenoxy) is 1. The van der Waals surface area contributed by atoms with E-state index in [0.29, 0.717) is 24.5 Å². The maximum Gasteiger partial charge on any atom is 0.274 e. The maximum absolute atomic E-state index is 12.2. The fourth-order valence-electron chi connectivity index (χ4n) is 2.36. The van der Waals surface area contributed by atoms with E-state index in [1.54, 1.807) is 24.1 Å². The van der Waals surface area contributed by atoms with Crippen molar-refractivity contribution in [3.8, 4) is 5.75 Å². The zero-order chi connectivity index (χ0) is 16.2. The molecule has 1 N–H and O–H groups in total. The van der Waals surface area contributed by atoms with Gasteiger partial charge in [0.15, 0.2) is 0 Å². The van der Waals surface area contributed by atoms with Gasteiger partial charge in [0.25, 0.3) is 5.91 Å². The lowest BCUT2D eigenvalue weighted by atomic mass is 9.98. The van der Waals surface area contributed by atoms with Gasteiger partial charge in [0.1, 0.15) is 11.4 Å². The van der Waals surface area contributed by atoms with Crippen LogP contribution in [0.5, 0.6) is 5.75 Å². The van der Waals surface area contributed by atoms with Crippen molar-refractivity contribution in [2.45, 2.75) is 0 Å². The van der Waals surface area contributed by atoms with E-state index < -0.39 is 0 Å². The van der Waals surface area contributed by atoms with Crippen molar-refractivity contribution in [1.29, 1.82) is 0 Å². The Bertz CT molecular complexity index is 714. The van der Waals surface area contributed by atoms with E-state index in [-0.39, 0.29) is 23.4 Å². The lowest BCUT2D eigenvalue weighted by Gasteiger charge is -2.37. The number of likely N-dealkylation sites (tertiary alicyclic amines) is 1. The molecule has 1 aliphatic rings. The molecule has 3 rings (SSSR count). The molecular formula is C16H16N4O3. The van der Waals surface area contributed by atoms with Gasteiger partial charge in [-0.05, 0) is 12.1 Å². The molecule has 23 heavy (non-hydrogen) atoms. The van der Waals surface area contributed by atoms with Crippen LogP contribution in [-0.4, -0.2) is 46.9 Å². The molecule has 0 bridgehead atoms. The van der Waals surface area contributed by atoms with Gasteiger partial charge in [-0.15, -0.1) is 0 Å². The Morgan fingerprint density at radius 3 is 2.74 bits per heavy atom. The molecule has 0 radical (unpaired) electrons. The smallest absolute Gasteiger partial charge is 0.274 e. The Morgan fingerprint density at radius 2 is 2.04 bits per heavy atom. The number of para-hydroxylation sites is 2. The SMILES string of the molecule is COc1ccccc1NC(=O)C1CN(C(=O)c2cnccn2)C1. The number of methoxy groups -OCH3 is 1. The molecule has 1 fully saturated rings. The van der Waals surface area contributed by atoms with Crippen molar-refractivity contribution in [3.05, 3.63) is 48.5 Å². The first-order chi connectivity index (χ1) is 11.2. The number of rotatable bonds is 4. The summed E-state index contributed by atoms with van der Waals surface area (Å²) >= 11 is 0. The highest BCUT2D eigenvalue weighted by Crippen LogP contribution is 2.25. The van der Waals surface area contributed by atoms with Crippen LogP contribution in [0.25, 0.3) is 0 Å². The van der Waals surface area contributed by atoms with Crippen molar-refractivity contribution >= 4 is 17.5 Å². The minimum absolute atomic E-state index is 0.127. The predicted molar refractivity (Wildman–Crippen MR) is 83.0 cm³/mol. The summed E-state index contributed by atoms with van der Waals surface area (Å²) in [4.78, 5) is 33.8. The minimum Gasteiger partial charge on any atom is -0.495 e. The van der Waals surface area contributed by atoms with Gasteiger partial charge in [0.05, 0.1) is 24.9 Å². The van der Waals surface area contributed by atoms with E-state index in [1.807, 2.05) is 12.1 Å². The second-order valence-corrected chi connectivity index (χ2v) is 5.19. The molecule has 118 valence electrons. The normalized spacial score (nSPS) is 14.0. The molecule has 2 aromatic rings. The lowest BCUT2D eigenvalue weighted by molar-refractivity contribution is -0.123. The van der Waals surface area contributed by atoms with E-state index >= 15 is 0 Å². The molecule has 1 aromatic carbocycles. The summed E-state index contributed by atoms with van der Waals surface area (Å²) in [6.07, 6.45) is 4.40. The van der Waals surface area contributed by atoms with Crippen molar-refractivity contribution in [2.75, 3.05) is 25.5 Å². The zero-order valence-corrected chi connectivity index (χ0v) is 12.6. The molecule has 2 amide bonds. The molecule has 1 aliphatic heterocycles. The van der Waals surface area contributed by atoms with Gasteiger partial charge < -0.3 is 15.0 Å². The molecule has 7 nitrogen and oxygen atoms in total. The molecule has 0 spiro atoms. The van der Waals surface area contributed by atoms with Crippen LogP contribution in [0.4, 0.5) is 5.69 Å². The van der Waals surface area contributed by atoms with Crippen LogP contribution in [0, 0.1) is 5.92 Å². The van der Waals surface area contributed by atoms with Crippen LogP contribution in [-0.2, 0) is 4.79 Å².